The zero-order chi connectivity index (χ0) is 11.6. The maximum Gasteiger partial charge on any atom is -0.00771 e. The van der Waals surface area contributed by atoms with E-state index < -0.39 is 0 Å². The van der Waals surface area contributed by atoms with Gasteiger partial charge in [0.05, 0.1) is 0 Å². The van der Waals surface area contributed by atoms with Crippen molar-refractivity contribution in [3.8, 4) is 0 Å². The molecule has 2 N–H and O–H groups in total. The van der Waals surface area contributed by atoms with E-state index in [2.05, 4.69) is 13.8 Å². The highest BCUT2D eigenvalue weighted by Gasteiger charge is 2.51. The van der Waals surface area contributed by atoms with E-state index in [0.717, 1.165) is 24.3 Å². The van der Waals surface area contributed by atoms with Gasteiger partial charge in [0.2, 0.25) is 0 Å². The number of nitrogens with two attached hydrogens (primary N) is 1. The van der Waals surface area contributed by atoms with Gasteiger partial charge in [-0.05, 0) is 61.8 Å². The van der Waals surface area contributed by atoms with Gasteiger partial charge in [-0.25, -0.2) is 0 Å². The van der Waals surface area contributed by atoms with Crippen LogP contribution in [0.2, 0.25) is 0 Å². The lowest BCUT2D eigenvalue weighted by atomic mass is 9.68. The fourth-order valence-electron chi connectivity index (χ4n) is 4.78. The quantitative estimate of drug-likeness (QED) is 0.750. The van der Waals surface area contributed by atoms with Crippen molar-refractivity contribution in [2.24, 2.45) is 28.9 Å². The van der Waals surface area contributed by atoms with Crippen LogP contribution >= 0.6 is 0 Å². The van der Waals surface area contributed by atoms with Crippen molar-refractivity contribution in [1.29, 1.82) is 0 Å². The molecule has 1 heteroatoms. The zero-order valence-corrected chi connectivity index (χ0v) is 11.2. The van der Waals surface area contributed by atoms with Crippen LogP contribution in [0, 0.1) is 23.2 Å². The van der Waals surface area contributed by atoms with Crippen LogP contribution in [0.15, 0.2) is 0 Å². The molecule has 0 aliphatic heterocycles. The third-order valence-corrected chi connectivity index (χ3v) is 5.58. The average Bonchev–Trinajstić information content (AvgIpc) is 2.49. The second-order valence-corrected chi connectivity index (χ2v) is 6.42. The molecule has 2 bridgehead atoms. The van der Waals surface area contributed by atoms with Crippen molar-refractivity contribution in [1.82, 2.24) is 0 Å². The molecule has 0 spiro atoms. The molecule has 0 aromatic heterocycles. The highest BCUT2D eigenvalue weighted by molar-refractivity contribution is 5.01. The largest absolute Gasteiger partial charge is 0.330 e. The van der Waals surface area contributed by atoms with Crippen molar-refractivity contribution in [3.63, 3.8) is 0 Å². The molecule has 1 nitrogen and oxygen atoms in total. The summed E-state index contributed by atoms with van der Waals surface area (Å²) in [4.78, 5) is 0. The lowest BCUT2D eigenvalue weighted by molar-refractivity contribution is 0.125. The molecule has 0 aromatic carbocycles. The summed E-state index contributed by atoms with van der Waals surface area (Å²) in [6, 6.07) is 0. The molecular formula is C15H29N. The summed E-state index contributed by atoms with van der Waals surface area (Å²) >= 11 is 0. The Balaban J connectivity index is 2.11. The van der Waals surface area contributed by atoms with Crippen molar-refractivity contribution in [2.45, 2.75) is 65.2 Å². The molecule has 0 radical (unpaired) electrons. The predicted octanol–water partition coefficient (Wildman–Crippen LogP) is 3.97. The first-order chi connectivity index (χ1) is 7.72. The van der Waals surface area contributed by atoms with E-state index >= 15 is 0 Å². The summed E-state index contributed by atoms with van der Waals surface area (Å²) in [6.45, 7) is 5.82. The number of hydrogen-bond donors (Lipinski definition) is 1. The van der Waals surface area contributed by atoms with E-state index in [9.17, 15) is 0 Å². The van der Waals surface area contributed by atoms with Gasteiger partial charge in [0, 0.05) is 0 Å². The Morgan fingerprint density at radius 2 is 2.12 bits per heavy atom. The Morgan fingerprint density at radius 1 is 1.31 bits per heavy atom. The molecule has 4 atom stereocenters. The molecule has 94 valence electrons. The van der Waals surface area contributed by atoms with Gasteiger partial charge in [-0.3, -0.25) is 0 Å². The van der Waals surface area contributed by atoms with Gasteiger partial charge in [-0.15, -0.1) is 0 Å². The number of hydrogen-bond acceptors (Lipinski definition) is 1. The summed E-state index contributed by atoms with van der Waals surface area (Å²) in [5.41, 5.74) is 6.36. The van der Waals surface area contributed by atoms with Crippen LogP contribution in [0.3, 0.4) is 0 Å². The molecule has 0 aromatic rings. The fraction of sp³-hybridized carbons (Fsp3) is 1.00. The van der Waals surface area contributed by atoms with E-state index in [1.54, 1.807) is 0 Å². The fourth-order valence-corrected chi connectivity index (χ4v) is 4.78. The highest BCUT2D eigenvalue weighted by Crippen LogP contribution is 2.60. The minimum atomic E-state index is 0.635. The van der Waals surface area contributed by atoms with Crippen molar-refractivity contribution in [3.05, 3.63) is 0 Å². The van der Waals surface area contributed by atoms with Gasteiger partial charge in [-0.1, -0.05) is 33.1 Å². The van der Waals surface area contributed by atoms with Crippen LogP contribution in [0.1, 0.15) is 65.2 Å². The van der Waals surface area contributed by atoms with Crippen molar-refractivity contribution < 1.29 is 0 Å². The lowest BCUT2D eigenvalue weighted by Gasteiger charge is -2.37. The van der Waals surface area contributed by atoms with Crippen LogP contribution in [-0.2, 0) is 0 Å². The minimum Gasteiger partial charge on any atom is -0.330 e. The van der Waals surface area contributed by atoms with Gasteiger partial charge in [0.1, 0.15) is 0 Å². The minimum absolute atomic E-state index is 0.635. The standard InChI is InChI=1S/C15H29N/c1-3-6-14-12-7-4-8-13(11-12)15(14,2)9-5-10-16/h12-14H,3-11,16H2,1-2H3. The molecule has 2 rings (SSSR count). The molecule has 0 saturated heterocycles. The van der Waals surface area contributed by atoms with E-state index in [-0.39, 0.29) is 0 Å². The highest BCUT2D eigenvalue weighted by atomic mass is 14.6. The van der Waals surface area contributed by atoms with Crippen LogP contribution in [0.5, 0.6) is 0 Å². The number of rotatable bonds is 5. The second-order valence-electron chi connectivity index (χ2n) is 6.42. The maximum atomic E-state index is 5.72. The first kappa shape index (κ1) is 12.4. The number of fused-ring (bicyclic) bond motifs is 2. The molecule has 0 heterocycles. The summed E-state index contributed by atoms with van der Waals surface area (Å²) in [6.07, 6.45) is 11.5. The Labute approximate surface area is 101 Å². The monoisotopic (exact) mass is 223 g/mol. The van der Waals surface area contributed by atoms with Crippen molar-refractivity contribution >= 4 is 0 Å². The molecular weight excluding hydrogens is 194 g/mol. The van der Waals surface area contributed by atoms with Gasteiger partial charge in [0.25, 0.3) is 0 Å². The summed E-state index contributed by atoms with van der Waals surface area (Å²) in [7, 11) is 0. The van der Waals surface area contributed by atoms with Crippen molar-refractivity contribution in [2.75, 3.05) is 6.54 Å². The molecule has 2 aliphatic rings. The normalized spacial score (nSPS) is 42.6. The average molecular weight is 223 g/mol. The second kappa shape index (κ2) is 5.08. The molecule has 2 saturated carbocycles. The van der Waals surface area contributed by atoms with Crippen LogP contribution in [0.25, 0.3) is 0 Å². The van der Waals surface area contributed by atoms with E-state index in [1.165, 1.54) is 51.4 Å². The topological polar surface area (TPSA) is 26.0 Å². The third-order valence-electron chi connectivity index (χ3n) is 5.58. The Kier molecular flexibility index (Phi) is 3.94. The van der Waals surface area contributed by atoms with Crippen LogP contribution in [0.4, 0.5) is 0 Å². The molecule has 0 amide bonds. The maximum absolute atomic E-state index is 5.72. The zero-order valence-electron chi connectivity index (χ0n) is 11.2. The van der Waals surface area contributed by atoms with E-state index in [1.807, 2.05) is 0 Å². The van der Waals surface area contributed by atoms with E-state index in [4.69, 9.17) is 5.73 Å². The Bertz CT molecular complexity index is 225. The lowest BCUT2D eigenvalue weighted by Crippen LogP contribution is -2.30. The SMILES string of the molecule is CCCC1C2CCCC(C2)C1(C)CCCN. The van der Waals surface area contributed by atoms with Gasteiger partial charge >= 0.3 is 0 Å². The smallest absolute Gasteiger partial charge is 0.00771 e. The molecule has 4 unspecified atom stereocenters. The molecule has 16 heavy (non-hydrogen) atoms. The van der Waals surface area contributed by atoms with Crippen LogP contribution in [-0.4, -0.2) is 6.54 Å². The summed E-state index contributed by atoms with van der Waals surface area (Å²) < 4.78 is 0. The molecule has 2 aliphatic carbocycles. The third kappa shape index (κ3) is 2.03. The molecule has 2 fully saturated rings. The summed E-state index contributed by atoms with van der Waals surface area (Å²) in [5, 5.41) is 0. The van der Waals surface area contributed by atoms with Gasteiger partial charge in [0.15, 0.2) is 0 Å². The first-order valence-electron chi connectivity index (χ1n) is 7.42. The Hall–Kier alpha value is -0.0400. The van der Waals surface area contributed by atoms with Gasteiger partial charge < -0.3 is 5.73 Å². The Morgan fingerprint density at radius 3 is 2.81 bits per heavy atom. The van der Waals surface area contributed by atoms with E-state index in [0.29, 0.717) is 5.41 Å². The van der Waals surface area contributed by atoms with Gasteiger partial charge in [-0.2, -0.15) is 0 Å². The first-order valence-corrected chi connectivity index (χ1v) is 7.42. The van der Waals surface area contributed by atoms with Crippen LogP contribution < -0.4 is 5.73 Å². The summed E-state index contributed by atoms with van der Waals surface area (Å²) in [5.74, 6) is 3.09. The predicted molar refractivity (Wildman–Crippen MR) is 70.2 cm³/mol.